The van der Waals surface area contributed by atoms with Crippen molar-refractivity contribution in [2.45, 2.75) is 6.18 Å². The van der Waals surface area contributed by atoms with Crippen LogP contribution in [0.4, 0.5) is 24.8 Å². The zero-order chi connectivity index (χ0) is 13.3. The topological polar surface area (TPSA) is 45.4 Å². The van der Waals surface area contributed by atoms with Crippen LogP contribution in [0.25, 0.3) is 0 Å². The van der Waals surface area contributed by atoms with Gasteiger partial charge in [-0.05, 0) is 19.2 Å². The van der Waals surface area contributed by atoms with E-state index in [1.807, 2.05) is 11.9 Å². The molecule has 0 spiro atoms. The molecule has 100 valence electrons. The Hall–Kier alpha value is -1.50. The number of hydrogen-bond donors (Lipinski definition) is 1. The summed E-state index contributed by atoms with van der Waals surface area (Å²) in [5.41, 5.74) is 4.70. The van der Waals surface area contributed by atoms with Gasteiger partial charge in [-0.25, -0.2) is 4.98 Å². The fourth-order valence-electron chi connectivity index (χ4n) is 1.90. The van der Waals surface area contributed by atoms with Gasteiger partial charge in [-0.2, -0.15) is 13.2 Å². The Morgan fingerprint density at radius 1 is 1.17 bits per heavy atom. The largest absolute Gasteiger partial charge is 0.416 e. The predicted octanol–water partition coefficient (Wildman–Crippen LogP) is 1.43. The monoisotopic (exact) mass is 260 g/mol. The molecule has 0 aliphatic carbocycles. The number of nitrogens with two attached hydrogens (primary N) is 1. The van der Waals surface area contributed by atoms with E-state index in [0.717, 1.165) is 25.2 Å². The minimum atomic E-state index is -4.39. The number of nitrogen functional groups attached to an aromatic ring is 1. The molecule has 1 aromatic rings. The van der Waals surface area contributed by atoms with Crippen molar-refractivity contribution in [3.63, 3.8) is 0 Å². The van der Waals surface area contributed by atoms with E-state index in [2.05, 4.69) is 9.88 Å². The molecule has 2 N–H and O–H groups in total. The number of anilines is 2. The van der Waals surface area contributed by atoms with Gasteiger partial charge in [-0.3, -0.25) is 0 Å². The van der Waals surface area contributed by atoms with E-state index in [-0.39, 0.29) is 5.82 Å². The smallest absolute Gasteiger partial charge is 0.384 e. The average molecular weight is 260 g/mol. The first-order valence-electron chi connectivity index (χ1n) is 5.64. The van der Waals surface area contributed by atoms with Crippen molar-refractivity contribution in [2.24, 2.45) is 0 Å². The van der Waals surface area contributed by atoms with Crippen LogP contribution in [0.5, 0.6) is 0 Å². The Morgan fingerprint density at radius 2 is 1.78 bits per heavy atom. The van der Waals surface area contributed by atoms with Crippen molar-refractivity contribution in [2.75, 3.05) is 43.9 Å². The SMILES string of the molecule is CN1CCN(c2cc(C(F)(F)F)cc(N)n2)CC1. The second kappa shape index (κ2) is 4.64. The summed E-state index contributed by atoms with van der Waals surface area (Å²) in [6, 6.07) is 1.92. The number of rotatable bonds is 1. The lowest BCUT2D eigenvalue weighted by atomic mass is 10.2. The van der Waals surface area contributed by atoms with Crippen LogP contribution in [0.1, 0.15) is 5.56 Å². The summed E-state index contributed by atoms with van der Waals surface area (Å²) in [5.74, 6) is 0.203. The molecule has 1 aliphatic rings. The zero-order valence-electron chi connectivity index (χ0n) is 10.0. The fraction of sp³-hybridized carbons (Fsp3) is 0.545. The quantitative estimate of drug-likeness (QED) is 0.829. The molecular weight excluding hydrogens is 245 g/mol. The van der Waals surface area contributed by atoms with E-state index in [4.69, 9.17) is 5.73 Å². The third-order valence-corrected chi connectivity index (χ3v) is 2.99. The first-order chi connectivity index (χ1) is 8.36. The van der Waals surface area contributed by atoms with Gasteiger partial charge in [0.15, 0.2) is 0 Å². The standard InChI is InChI=1S/C11H15F3N4/c1-17-2-4-18(5-3-17)10-7-8(11(12,13)14)6-9(15)16-10/h6-7H,2-5H2,1H3,(H2,15,16). The molecule has 2 rings (SSSR count). The molecule has 0 amide bonds. The molecular formula is C11H15F3N4. The number of pyridine rings is 1. The van der Waals surface area contributed by atoms with Gasteiger partial charge in [0.1, 0.15) is 11.6 Å². The Labute approximate surface area is 103 Å². The molecule has 0 saturated carbocycles. The minimum absolute atomic E-state index is 0.0984. The molecule has 7 heteroatoms. The lowest BCUT2D eigenvalue weighted by Crippen LogP contribution is -2.44. The molecule has 1 fully saturated rings. The first-order valence-corrected chi connectivity index (χ1v) is 5.64. The normalized spacial score (nSPS) is 18.1. The van der Waals surface area contributed by atoms with Gasteiger partial charge in [0.05, 0.1) is 5.56 Å². The lowest BCUT2D eigenvalue weighted by Gasteiger charge is -2.33. The van der Waals surface area contributed by atoms with Crippen LogP contribution in [0.15, 0.2) is 12.1 Å². The Morgan fingerprint density at radius 3 is 2.33 bits per heavy atom. The van der Waals surface area contributed by atoms with Gasteiger partial charge in [0.25, 0.3) is 0 Å². The Balaban J connectivity index is 2.25. The molecule has 0 radical (unpaired) electrons. The van der Waals surface area contributed by atoms with Crippen molar-refractivity contribution in [3.8, 4) is 0 Å². The number of alkyl halides is 3. The number of aromatic nitrogens is 1. The van der Waals surface area contributed by atoms with Crippen LogP contribution in [0.2, 0.25) is 0 Å². The maximum absolute atomic E-state index is 12.7. The van der Waals surface area contributed by atoms with E-state index in [9.17, 15) is 13.2 Å². The Bertz CT molecular complexity index is 425. The van der Waals surface area contributed by atoms with Crippen molar-refractivity contribution in [1.82, 2.24) is 9.88 Å². The van der Waals surface area contributed by atoms with E-state index in [1.54, 1.807) is 0 Å². The van der Waals surface area contributed by atoms with Crippen LogP contribution in [0.3, 0.4) is 0 Å². The summed E-state index contributed by atoms with van der Waals surface area (Å²) in [7, 11) is 1.98. The van der Waals surface area contributed by atoms with E-state index >= 15 is 0 Å². The molecule has 0 unspecified atom stereocenters. The fourth-order valence-corrected chi connectivity index (χ4v) is 1.90. The van der Waals surface area contributed by atoms with Gasteiger partial charge in [-0.15, -0.1) is 0 Å². The average Bonchev–Trinajstić information content (AvgIpc) is 2.28. The third-order valence-electron chi connectivity index (χ3n) is 2.99. The van der Waals surface area contributed by atoms with Crippen molar-refractivity contribution < 1.29 is 13.2 Å². The van der Waals surface area contributed by atoms with Crippen LogP contribution in [0, 0.1) is 0 Å². The summed E-state index contributed by atoms with van der Waals surface area (Å²) in [5, 5.41) is 0. The van der Waals surface area contributed by atoms with Gasteiger partial charge in [0, 0.05) is 26.2 Å². The second-order valence-electron chi connectivity index (χ2n) is 4.43. The zero-order valence-corrected chi connectivity index (χ0v) is 10.0. The van der Waals surface area contributed by atoms with Crippen LogP contribution in [-0.2, 0) is 6.18 Å². The number of nitrogens with zero attached hydrogens (tertiary/aromatic N) is 3. The molecule has 0 bridgehead atoms. The molecule has 1 aromatic heterocycles. The summed E-state index contributed by atoms with van der Waals surface area (Å²) >= 11 is 0. The molecule has 0 atom stereocenters. The number of hydrogen-bond acceptors (Lipinski definition) is 4. The predicted molar refractivity (Wildman–Crippen MR) is 63.4 cm³/mol. The van der Waals surface area contributed by atoms with Crippen molar-refractivity contribution in [1.29, 1.82) is 0 Å². The van der Waals surface area contributed by atoms with Gasteiger partial charge in [0.2, 0.25) is 0 Å². The second-order valence-corrected chi connectivity index (χ2v) is 4.43. The van der Waals surface area contributed by atoms with Crippen LogP contribution >= 0.6 is 0 Å². The number of halogens is 3. The summed E-state index contributed by atoms with van der Waals surface area (Å²) < 4.78 is 38.0. The third kappa shape index (κ3) is 2.84. The highest BCUT2D eigenvalue weighted by atomic mass is 19.4. The summed E-state index contributed by atoms with van der Waals surface area (Å²) in [4.78, 5) is 7.92. The molecule has 0 aromatic carbocycles. The highest BCUT2D eigenvalue weighted by Gasteiger charge is 2.32. The van der Waals surface area contributed by atoms with Gasteiger partial charge in [-0.1, -0.05) is 0 Å². The minimum Gasteiger partial charge on any atom is -0.384 e. The summed E-state index contributed by atoms with van der Waals surface area (Å²) in [6.45, 7) is 2.92. The molecule has 2 heterocycles. The number of piperazine rings is 1. The summed E-state index contributed by atoms with van der Waals surface area (Å²) in [6.07, 6.45) is -4.39. The van der Waals surface area contributed by atoms with E-state index < -0.39 is 11.7 Å². The van der Waals surface area contributed by atoms with Crippen molar-refractivity contribution in [3.05, 3.63) is 17.7 Å². The van der Waals surface area contributed by atoms with E-state index in [1.165, 1.54) is 0 Å². The lowest BCUT2D eigenvalue weighted by molar-refractivity contribution is -0.137. The maximum Gasteiger partial charge on any atom is 0.416 e. The molecule has 1 saturated heterocycles. The van der Waals surface area contributed by atoms with E-state index in [0.29, 0.717) is 18.9 Å². The van der Waals surface area contributed by atoms with Crippen molar-refractivity contribution >= 4 is 11.6 Å². The highest BCUT2D eigenvalue weighted by molar-refractivity contribution is 5.49. The first kappa shape index (κ1) is 12.9. The van der Waals surface area contributed by atoms with Crippen LogP contribution < -0.4 is 10.6 Å². The number of likely N-dealkylation sites (N-methyl/N-ethyl adjacent to an activating group) is 1. The Kier molecular flexibility index (Phi) is 3.34. The van der Waals surface area contributed by atoms with Crippen LogP contribution in [-0.4, -0.2) is 43.1 Å². The van der Waals surface area contributed by atoms with Gasteiger partial charge < -0.3 is 15.5 Å². The molecule has 4 nitrogen and oxygen atoms in total. The highest BCUT2D eigenvalue weighted by Crippen LogP contribution is 2.32. The maximum atomic E-state index is 12.7. The molecule has 1 aliphatic heterocycles. The van der Waals surface area contributed by atoms with Gasteiger partial charge >= 0.3 is 6.18 Å². The molecule has 18 heavy (non-hydrogen) atoms.